The fourth-order valence-electron chi connectivity index (χ4n) is 2.69. The minimum atomic E-state index is -0.512. The predicted octanol–water partition coefficient (Wildman–Crippen LogP) is -0.250. The molecule has 0 radical (unpaired) electrons. The van der Waals surface area contributed by atoms with Crippen molar-refractivity contribution in [3.8, 4) is 0 Å². The van der Waals surface area contributed by atoms with Crippen LogP contribution < -0.4 is 5.73 Å². The summed E-state index contributed by atoms with van der Waals surface area (Å²) in [6, 6.07) is -0.344. The van der Waals surface area contributed by atoms with E-state index in [0.717, 1.165) is 11.3 Å². The van der Waals surface area contributed by atoms with Gasteiger partial charge in [-0.25, -0.2) is 0 Å². The van der Waals surface area contributed by atoms with Crippen LogP contribution in [0.4, 0.5) is 0 Å². The van der Waals surface area contributed by atoms with Crippen LogP contribution in [0.2, 0.25) is 0 Å². The molecule has 1 fully saturated rings. The van der Waals surface area contributed by atoms with Crippen LogP contribution in [0.3, 0.4) is 0 Å². The maximum atomic E-state index is 12.1. The molecule has 2 atom stereocenters. The molecule has 110 valence electrons. The second kappa shape index (κ2) is 5.62. The molecule has 2 rings (SSSR count). The standard InChI is InChI=1S/C13H20N4O3/c1-8-10(7-15-16(8)2)12-9(13(14)19)6-11(18)17(12)4-5-20-3/h7,9,12H,4-6H2,1-3H3,(H2,14,19)/t9-,12-/m1/s1. The summed E-state index contributed by atoms with van der Waals surface area (Å²) in [6.45, 7) is 2.78. The highest BCUT2D eigenvalue weighted by Gasteiger charge is 2.44. The van der Waals surface area contributed by atoms with Gasteiger partial charge in [-0.2, -0.15) is 5.10 Å². The molecule has 2 amide bonds. The Balaban J connectivity index is 2.38. The maximum absolute atomic E-state index is 12.1. The van der Waals surface area contributed by atoms with Crippen LogP contribution in [0.25, 0.3) is 0 Å². The molecular weight excluding hydrogens is 260 g/mol. The van der Waals surface area contributed by atoms with Crippen molar-refractivity contribution in [2.24, 2.45) is 18.7 Å². The van der Waals surface area contributed by atoms with Gasteiger partial charge in [0, 0.05) is 38.4 Å². The number of hydrogen-bond acceptors (Lipinski definition) is 4. The normalized spacial score (nSPS) is 22.6. The summed E-state index contributed by atoms with van der Waals surface area (Å²) >= 11 is 0. The van der Waals surface area contributed by atoms with Crippen molar-refractivity contribution in [1.82, 2.24) is 14.7 Å². The molecule has 1 aromatic rings. The van der Waals surface area contributed by atoms with Gasteiger partial charge in [0.25, 0.3) is 0 Å². The first kappa shape index (κ1) is 14.5. The van der Waals surface area contributed by atoms with Gasteiger partial charge in [0.2, 0.25) is 11.8 Å². The van der Waals surface area contributed by atoms with Gasteiger partial charge in [-0.15, -0.1) is 0 Å². The largest absolute Gasteiger partial charge is 0.383 e. The fraction of sp³-hybridized carbons (Fsp3) is 0.615. The van der Waals surface area contributed by atoms with Gasteiger partial charge in [-0.3, -0.25) is 14.3 Å². The number of primary amides is 1. The number of aryl methyl sites for hydroxylation is 1. The number of aromatic nitrogens is 2. The van der Waals surface area contributed by atoms with Crippen LogP contribution in [0.1, 0.15) is 23.7 Å². The molecule has 20 heavy (non-hydrogen) atoms. The van der Waals surface area contributed by atoms with Crippen molar-refractivity contribution in [2.75, 3.05) is 20.3 Å². The SMILES string of the molecule is COCCN1C(=O)C[C@@H](C(N)=O)[C@@H]1c1cnn(C)c1C. The summed E-state index contributed by atoms with van der Waals surface area (Å²) in [5.74, 6) is -1.03. The second-order valence-corrected chi connectivity index (χ2v) is 5.05. The number of carbonyl (C=O) groups is 2. The fourth-order valence-corrected chi connectivity index (χ4v) is 2.69. The average molecular weight is 280 g/mol. The summed E-state index contributed by atoms with van der Waals surface area (Å²) in [5, 5.41) is 4.19. The number of amides is 2. The number of hydrogen-bond donors (Lipinski definition) is 1. The zero-order valence-corrected chi connectivity index (χ0v) is 12.0. The van der Waals surface area contributed by atoms with E-state index >= 15 is 0 Å². The van der Waals surface area contributed by atoms with Gasteiger partial charge in [-0.1, -0.05) is 0 Å². The van der Waals surface area contributed by atoms with Crippen LogP contribution in [0.15, 0.2) is 6.20 Å². The Kier molecular flexibility index (Phi) is 4.08. The van der Waals surface area contributed by atoms with Crippen molar-refractivity contribution >= 4 is 11.8 Å². The zero-order chi connectivity index (χ0) is 14.9. The summed E-state index contributed by atoms with van der Waals surface area (Å²) in [7, 11) is 3.41. The smallest absolute Gasteiger partial charge is 0.224 e. The van der Waals surface area contributed by atoms with Crippen molar-refractivity contribution in [3.63, 3.8) is 0 Å². The van der Waals surface area contributed by atoms with Crippen molar-refractivity contribution in [1.29, 1.82) is 0 Å². The van der Waals surface area contributed by atoms with Gasteiger partial charge < -0.3 is 15.4 Å². The minimum absolute atomic E-state index is 0.0703. The first-order chi connectivity index (χ1) is 9.47. The van der Waals surface area contributed by atoms with E-state index in [9.17, 15) is 9.59 Å². The lowest BCUT2D eigenvalue weighted by atomic mass is 9.93. The van der Waals surface area contributed by atoms with Crippen molar-refractivity contribution in [2.45, 2.75) is 19.4 Å². The van der Waals surface area contributed by atoms with E-state index < -0.39 is 11.8 Å². The summed E-state index contributed by atoms with van der Waals surface area (Å²) in [6.07, 6.45) is 1.85. The topological polar surface area (TPSA) is 90.4 Å². The molecule has 1 saturated heterocycles. The molecule has 2 N–H and O–H groups in total. The third-order valence-corrected chi connectivity index (χ3v) is 3.93. The molecule has 1 aliphatic heterocycles. The number of carbonyl (C=O) groups excluding carboxylic acids is 2. The summed E-state index contributed by atoms with van der Waals surface area (Å²) in [4.78, 5) is 25.5. The summed E-state index contributed by atoms with van der Waals surface area (Å²) in [5.41, 5.74) is 7.26. The molecule has 1 aliphatic rings. The molecule has 7 heteroatoms. The molecule has 7 nitrogen and oxygen atoms in total. The Bertz CT molecular complexity index is 526. The highest BCUT2D eigenvalue weighted by Crippen LogP contribution is 2.38. The van der Waals surface area contributed by atoms with Crippen LogP contribution in [-0.4, -0.2) is 46.8 Å². The second-order valence-electron chi connectivity index (χ2n) is 5.05. The van der Waals surface area contributed by atoms with Crippen molar-refractivity contribution in [3.05, 3.63) is 17.5 Å². The highest BCUT2D eigenvalue weighted by atomic mass is 16.5. The number of likely N-dealkylation sites (tertiary alicyclic amines) is 1. The molecular formula is C13H20N4O3. The Labute approximate surface area is 117 Å². The molecule has 0 spiro atoms. The van der Waals surface area contributed by atoms with E-state index in [0.29, 0.717) is 13.2 Å². The van der Waals surface area contributed by atoms with Crippen LogP contribution in [-0.2, 0) is 21.4 Å². The molecule has 1 aromatic heterocycles. The van der Waals surface area contributed by atoms with E-state index in [1.165, 1.54) is 0 Å². The maximum Gasteiger partial charge on any atom is 0.224 e. The third kappa shape index (κ3) is 2.40. The Hall–Kier alpha value is -1.89. The quantitative estimate of drug-likeness (QED) is 0.805. The number of ether oxygens (including phenoxy) is 1. The van der Waals surface area contributed by atoms with Gasteiger partial charge in [0.15, 0.2) is 0 Å². The number of methoxy groups -OCH3 is 1. The minimum Gasteiger partial charge on any atom is -0.383 e. The van der Waals surface area contributed by atoms with E-state index in [2.05, 4.69) is 5.10 Å². The van der Waals surface area contributed by atoms with Crippen LogP contribution in [0, 0.1) is 12.8 Å². The van der Waals surface area contributed by atoms with Gasteiger partial charge in [-0.05, 0) is 6.92 Å². The lowest BCUT2D eigenvalue weighted by molar-refractivity contribution is -0.129. The van der Waals surface area contributed by atoms with Crippen LogP contribution in [0.5, 0.6) is 0 Å². The average Bonchev–Trinajstić information content (AvgIpc) is 2.89. The highest BCUT2D eigenvalue weighted by molar-refractivity contribution is 5.89. The Morgan fingerprint density at radius 1 is 1.60 bits per heavy atom. The lowest BCUT2D eigenvalue weighted by Gasteiger charge is -2.27. The Morgan fingerprint density at radius 2 is 2.30 bits per heavy atom. The molecule has 0 aliphatic carbocycles. The number of nitrogens with two attached hydrogens (primary N) is 1. The zero-order valence-electron chi connectivity index (χ0n) is 12.0. The number of rotatable bonds is 5. The molecule has 0 bridgehead atoms. The van der Waals surface area contributed by atoms with Gasteiger partial charge in [0.1, 0.15) is 0 Å². The molecule has 0 aromatic carbocycles. The van der Waals surface area contributed by atoms with Crippen LogP contribution >= 0.6 is 0 Å². The monoisotopic (exact) mass is 280 g/mol. The van der Waals surface area contributed by atoms with E-state index in [4.69, 9.17) is 10.5 Å². The Morgan fingerprint density at radius 3 is 2.80 bits per heavy atom. The summed E-state index contributed by atoms with van der Waals surface area (Å²) < 4.78 is 6.76. The predicted molar refractivity (Wildman–Crippen MR) is 71.6 cm³/mol. The van der Waals surface area contributed by atoms with Crippen molar-refractivity contribution < 1.29 is 14.3 Å². The molecule has 0 saturated carbocycles. The molecule has 2 heterocycles. The van der Waals surface area contributed by atoms with E-state index in [1.807, 2.05) is 14.0 Å². The van der Waals surface area contributed by atoms with Gasteiger partial charge >= 0.3 is 0 Å². The third-order valence-electron chi connectivity index (χ3n) is 3.93. The van der Waals surface area contributed by atoms with E-state index in [1.54, 1.807) is 22.9 Å². The first-order valence-corrected chi connectivity index (χ1v) is 6.53. The number of nitrogens with zero attached hydrogens (tertiary/aromatic N) is 3. The van der Waals surface area contributed by atoms with E-state index in [-0.39, 0.29) is 18.4 Å². The molecule has 0 unspecified atom stereocenters. The van der Waals surface area contributed by atoms with Gasteiger partial charge in [0.05, 0.1) is 24.8 Å². The lowest BCUT2D eigenvalue weighted by Crippen LogP contribution is -2.35. The first-order valence-electron chi connectivity index (χ1n) is 6.53.